The zero-order valence-corrected chi connectivity index (χ0v) is 14.4. The van der Waals surface area contributed by atoms with Gasteiger partial charge in [0.05, 0.1) is 20.7 Å². The predicted molar refractivity (Wildman–Crippen MR) is 92.0 cm³/mol. The summed E-state index contributed by atoms with van der Waals surface area (Å²) < 4.78 is 2.98. The van der Waals surface area contributed by atoms with Gasteiger partial charge in [0.2, 0.25) is 0 Å². The molecule has 0 aliphatic rings. The topological polar surface area (TPSA) is 17.8 Å². The van der Waals surface area contributed by atoms with Crippen LogP contribution in [0.5, 0.6) is 0 Å². The highest BCUT2D eigenvalue weighted by Crippen LogP contribution is 2.28. The van der Waals surface area contributed by atoms with Crippen LogP contribution >= 0.6 is 46.1 Å². The molecule has 2 heterocycles. The number of aromatic nitrogens is 2. The molecule has 2 nitrogen and oxygen atoms in total. The monoisotopic (exact) mass is 358 g/mol. The molecule has 0 aliphatic carbocycles. The summed E-state index contributed by atoms with van der Waals surface area (Å²) in [4.78, 5) is 5.87. The zero-order valence-electron chi connectivity index (χ0n) is 11.3. The van der Waals surface area contributed by atoms with Crippen LogP contribution in [0.4, 0.5) is 0 Å². The molecule has 6 heteroatoms. The van der Waals surface area contributed by atoms with Crippen molar-refractivity contribution in [3.63, 3.8) is 0 Å². The molecule has 0 radical (unpaired) electrons. The van der Waals surface area contributed by atoms with Gasteiger partial charge in [-0.15, -0.1) is 22.9 Å². The second kappa shape index (κ2) is 6.17. The molecule has 0 bridgehead atoms. The van der Waals surface area contributed by atoms with E-state index in [1.54, 1.807) is 11.3 Å². The summed E-state index contributed by atoms with van der Waals surface area (Å²) in [6.45, 7) is 2.75. The highest BCUT2D eigenvalue weighted by atomic mass is 35.5. The van der Waals surface area contributed by atoms with Crippen molar-refractivity contribution < 1.29 is 0 Å². The highest BCUT2D eigenvalue weighted by molar-refractivity contribution is 7.16. The predicted octanol–water partition coefficient (Wildman–Crippen LogP) is 5.95. The number of benzene rings is 1. The van der Waals surface area contributed by atoms with Gasteiger partial charge in [-0.3, -0.25) is 0 Å². The summed E-state index contributed by atoms with van der Waals surface area (Å²) >= 11 is 19.9. The summed E-state index contributed by atoms with van der Waals surface area (Å²) in [5.74, 6) is 0.872. The third-order valence-electron chi connectivity index (χ3n) is 3.31. The molecule has 2 aromatic heterocycles. The van der Waals surface area contributed by atoms with Crippen LogP contribution < -0.4 is 0 Å². The molecular weight excluding hydrogens is 347 g/mol. The second-order valence-corrected chi connectivity index (χ2v) is 7.72. The Labute approximate surface area is 142 Å². The van der Waals surface area contributed by atoms with E-state index in [-0.39, 0.29) is 5.38 Å². The molecule has 0 fully saturated rings. The van der Waals surface area contributed by atoms with E-state index in [0.717, 1.165) is 34.2 Å². The Morgan fingerprint density at radius 1 is 1.24 bits per heavy atom. The Kier molecular flexibility index (Phi) is 4.46. The van der Waals surface area contributed by atoms with Crippen LogP contribution in [-0.2, 0) is 13.0 Å². The minimum atomic E-state index is -0.150. The van der Waals surface area contributed by atoms with Crippen LogP contribution in [0.3, 0.4) is 0 Å². The number of halogens is 3. The van der Waals surface area contributed by atoms with E-state index in [1.165, 1.54) is 4.88 Å². The summed E-state index contributed by atoms with van der Waals surface area (Å²) in [6, 6.07) is 9.74. The standard InChI is InChI=1S/C15H13Cl3N2S/c1-9(16)15-19-12-8-10(17)2-4-13(12)20(15)7-6-11-3-5-14(18)21-11/h2-5,8-9H,6-7H2,1H3. The van der Waals surface area contributed by atoms with Crippen molar-refractivity contribution in [2.45, 2.75) is 25.3 Å². The Hall–Kier alpha value is -0.740. The van der Waals surface area contributed by atoms with Crippen LogP contribution in [0.25, 0.3) is 11.0 Å². The maximum Gasteiger partial charge on any atom is 0.127 e. The smallest absolute Gasteiger partial charge is 0.127 e. The van der Waals surface area contributed by atoms with Crippen molar-refractivity contribution in [3.8, 4) is 0 Å². The fraction of sp³-hybridized carbons (Fsp3) is 0.267. The lowest BCUT2D eigenvalue weighted by Gasteiger charge is -2.09. The number of nitrogens with zero attached hydrogens (tertiary/aromatic N) is 2. The molecule has 0 spiro atoms. The average Bonchev–Trinajstić information content (AvgIpc) is 2.99. The lowest BCUT2D eigenvalue weighted by molar-refractivity contribution is 0.672. The van der Waals surface area contributed by atoms with Gasteiger partial charge in [-0.05, 0) is 43.7 Å². The van der Waals surface area contributed by atoms with Crippen molar-refractivity contribution in [1.29, 1.82) is 0 Å². The molecule has 0 N–H and O–H groups in total. The first-order valence-electron chi connectivity index (χ1n) is 6.58. The lowest BCUT2D eigenvalue weighted by Crippen LogP contribution is -2.06. The van der Waals surface area contributed by atoms with Gasteiger partial charge in [0.15, 0.2) is 0 Å². The first-order chi connectivity index (χ1) is 10.0. The van der Waals surface area contributed by atoms with Crippen LogP contribution in [0.1, 0.15) is 23.0 Å². The van der Waals surface area contributed by atoms with Gasteiger partial charge in [-0.25, -0.2) is 4.98 Å². The van der Waals surface area contributed by atoms with Gasteiger partial charge in [0.1, 0.15) is 5.82 Å². The van der Waals surface area contributed by atoms with Gasteiger partial charge >= 0.3 is 0 Å². The van der Waals surface area contributed by atoms with E-state index >= 15 is 0 Å². The van der Waals surface area contributed by atoms with E-state index in [0.29, 0.717) is 5.02 Å². The van der Waals surface area contributed by atoms with Crippen LogP contribution in [0, 0.1) is 0 Å². The molecule has 1 unspecified atom stereocenters. The van der Waals surface area contributed by atoms with Crippen LogP contribution in [0.15, 0.2) is 30.3 Å². The number of thiophene rings is 1. The SMILES string of the molecule is CC(Cl)c1nc2cc(Cl)ccc2n1CCc1ccc(Cl)s1. The molecule has 1 aromatic carbocycles. The molecule has 1 atom stereocenters. The number of hydrogen-bond donors (Lipinski definition) is 0. The number of hydrogen-bond acceptors (Lipinski definition) is 2. The molecule has 0 amide bonds. The number of alkyl halides is 1. The summed E-state index contributed by atoms with van der Waals surface area (Å²) in [5, 5.41) is 0.536. The minimum Gasteiger partial charge on any atom is -0.326 e. The molecule has 0 aliphatic heterocycles. The van der Waals surface area contributed by atoms with Gasteiger partial charge in [0.25, 0.3) is 0 Å². The van der Waals surface area contributed by atoms with Gasteiger partial charge in [-0.1, -0.05) is 23.2 Å². The van der Waals surface area contributed by atoms with Crippen LogP contribution in [-0.4, -0.2) is 9.55 Å². The molecule has 110 valence electrons. The maximum atomic E-state index is 6.27. The van der Waals surface area contributed by atoms with E-state index < -0.39 is 0 Å². The van der Waals surface area contributed by atoms with E-state index in [1.807, 2.05) is 31.2 Å². The number of aryl methyl sites for hydroxylation is 2. The third-order valence-corrected chi connectivity index (χ3v) is 5.03. The van der Waals surface area contributed by atoms with Gasteiger partial charge in [0, 0.05) is 16.4 Å². The van der Waals surface area contributed by atoms with Crippen molar-refractivity contribution in [2.24, 2.45) is 0 Å². The van der Waals surface area contributed by atoms with Crippen molar-refractivity contribution >= 4 is 57.2 Å². The quantitative estimate of drug-likeness (QED) is 0.526. The second-order valence-electron chi connectivity index (χ2n) is 4.83. The Morgan fingerprint density at radius 2 is 2.05 bits per heavy atom. The maximum absolute atomic E-state index is 6.27. The number of rotatable bonds is 4. The zero-order chi connectivity index (χ0) is 15.0. The van der Waals surface area contributed by atoms with E-state index in [4.69, 9.17) is 34.8 Å². The van der Waals surface area contributed by atoms with Crippen molar-refractivity contribution in [1.82, 2.24) is 9.55 Å². The molecule has 3 aromatic rings. The molecule has 21 heavy (non-hydrogen) atoms. The largest absolute Gasteiger partial charge is 0.326 e. The number of imidazole rings is 1. The fourth-order valence-electron chi connectivity index (χ4n) is 2.37. The summed E-state index contributed by atoms with van der Waals surface area (Å²) in [6.07, 6.45) is 0.905. The third kappa shape index (κ3) is 3.21. The fourth-order valence-corrected chi connectivity index (χ4v) is 3.78. The van der Waals surface area contributed by atoms with Gasteiger partial charge in [-0.2, -0.15) is 0 Å². The summed E-state index contributed by atoms with van der Waals surface area (Å²) in [5.41, 5.74) is 1.94. The molecule has 3 rings (SSSR count). The lowest BCUT2D eigenvalue weighted by atomic mass is 10.3. The Morgan fingerprint density at radius 3 is 2.71 bits per heavy atom. The van der Waals surface area contributed by atoms with Gasteiger partial charge < -0.3 is 4.57 Å². The van der Waals surface area contributed by atoms with Crippen molar-refractivity contribution in [2.75, 3.05) is 0 Å². The molecular formula is C15H13Cl3N2S. The normalized spacial score (nSPS) is 13.0. The average molecular weight is 360 g/mol. The first kappa shape index (κ1) is 15.2. The minimum absolute atomic E-state index is 0.150. The van der Waals surface area contributed by atoms with E-state index in [9.17, 15) is 0 Å². The molecule has 0 saturated carbocycles. The first-order valence-corrected chi connectivity index (χ1v) is 8.59. The molecule has 0 saturated heterocycles. The van der Waals surface area contributed by atoms with Crippen molar-refractivity contribution in [3.05, 3.63) is 50.4 Å². The van der Waals surface area contributed by atoms with E-state index in [2.05, 4.69) is 15.6 Å². The summed E-state index contributed by atoms with van der Waals surface area (Å²) in [7, 11) is 0. The number of fused-ring (bicyclic) bond motifs is 1. The Bertz CT molecular complexity index is 776. The van der Waals surface area contributed by atoms with Crippen LogP contribution in [0.2, 0.25) is 9.36 Å². The highest BCUT2D eigenvalue weighted by Gasteiger charge is 2.15. The Balaban J connectivity index is 1.97.